The Morgan fingerprint density at radius 2 is 0.972 bits per heavy atom. The van der Waals surface area contributed by atoms with Gasteiger partial charge in [-0.25, -0.2) is 23.5 Å². The normalized spacial score (nSPS) is 12.9. The summed E-state index contributed by atoms with van der Waals surface area (Å²) >= 11 is 0. The van der Waals surface area contributed by atoms with Crippen molar-refractivity contribution in [2.24, 2.45) is 5.14 Å². The fraction of sp³-hybridized carbons (Fsp3) is 0.143. The molecule has 0 saturated carbocycles. The van der Waals surface area contributed by atoms with Crippen LogP contribution >= 0.6 is 0 Å². The standard InChI is InChI=1S/C25H17F6N3O3S.C24H18F3N3O3S/c1-15(24(26,27)28)37-18-10-6-16(7-11-18)8-13-23-32-21-12-9-17(14-22(21)33-23)19-4-2-3-5-20(19)34-38(35,36)25(29,30)31;1-15(24(25,26)27)33-18-10-6-16(7-11-18)8-13-23-29-20-12-9-17(14-21(20)30-23)19-4-2-3-5-22(19)34(28,31)32/h2-7,9-12,14-15,34H,1H3,(H,32,33);2-7,9-12,14-15H,1H3,(H,29,30)(H2,28,31,32). The van der Waals surface area contributed by atoms with Crippen molar-refractivity contribution in [3.8, 4) is 57.4 Å². The number of imidazole rings is 2. The predicted molar refractivity (Wildman–Crippen MR) is 250 cm³/mol. The number of nitrogens with two attached hydrogens (primary N) is 1. The van der Waals surface area contributed by atoms with Crippen LogP contribution in [0.3, 0.4) is 0 Å². The highest BCUT2D eigenvalue weighted by atomic mass is 32.2. The number of H-pyrrole nitrogens is 2. The van der Waals surface area contributed by atoms with Crippen molar-refractivity contribution in [3.05, 3.63) is 156 Å². The third kappa shape index (κ3) is 12.9. The van der Waals surface area contributed by atoms with E-state index in [0.29, 0.717) is 55.7 Å². The number of aromatic amines is 2. The van der Waals surface area contributed by atoms with Gasteiger partial charge < -0.3 is 19.4 Å². The minimum absolute atomic E-state index is 0.0194. The monoisotopic (exact) mass is 1040 g/mol. The largest absolute Gasteiger partial charge is 0.516 e. The fourth-order valence-corrected chi connectivity index (χ4v) is 7.83. The van der Waals surface area contributed by atoms with Gasteiger partial charge in [0.15, 0.2) is 23.9 Å². The Kier molecular flexibility index (Phi) is 14.7. The van der Waals surface area contributed by atoms with E-state index in [1.165, 1.54) is 60.7 Å². The first kappa shape index (κ1) is 51.8. The van der Waals surface area contributed by atoms with E-state index in [4.69, 9.17) is 14.6 Å². The minimum atomic E-state index is -5.62. The molecule has 8 rings (SSSR count). The number of primary sulfonamides is 1. The summed E-state index contributed by atoms with van der Waals surface area (Å²) < 4.78 is 173. The molecule has 0 aliphatic rings. The van der Waals surface area contributed by atoms with E-state index in [9.17, 15) is 56.3 Å². The lowest BCUT2D eigenvalue weighted by atomic mass is 10.0. The van der Waals surface area contributed by atoms with Crippen LogP contribution in [-0.2, 0) is 20.0 Å². The van der Waals surface area contributed by atoms with Crippen molar-refractivity contribution in [1.82, 2.24) is 19.9 Å². The number of hydrogen-bond acceptors (Lipinski definition) is 8. The first-order chi connectivity index (χ1) is 33.7. The molecular weight excluding hydrogens is 1000 g/mol. The molecule has 0 spiro atoms. The quantitative estimate of drug-likeness (QED) is 0.0814. The van der Waals surface area contributed by atoms with Crippen LogP contribution in [0.4, 0.5) is 45.2 Å². The van der Waals surface area contributed by atoms with Crippen LogP contribution < -0.4 is 19.3 Å². The highest BCUT2D eigenvalue weighted by Crippen LogP contribution is 2.34. The molecule has 372 valence electrons. The van der Waals surface area contributed by atoms with E-state index in [0.717, 1.165) is 13.8 Å². The number of aromatic nitrogens is 4. The molecule has 12 nitrogen and oxygen atoms in total. The van der Waals surface area contributed by atoms with Gasteiger partial charge in [-0.05, 0) is 122 Å². The highest BCUT2D eigenvalue weighted by molar-refractivity contribution is 7.93. The third-order valence-corrected chi connectivity index (χ3v) is 12.2. The SMILES string of the molecule is CC(Oc1ccc(C#Cc2nc3ccc(-c4ccccc4NS(=O)(=O)C(F)(F)F)cc3[nH]2)cc1)C(F)(F)F.CC(Oc1ccc(C#Cc2nc3ccc(-c4ccccc4S(N)(=O)=O)cc3[nH]2)cc1)C(F)(F)F. The molecule has 23 heteroatoms. The minimum Gasteiger partial charge on any atom is -0.481 e. The van der Waals surface area contributed by atoms with E-state index in [1.54, 1.807) is 77.5 Å². The lowest BCUT2D eigenvalue weighted by Crippen LogP contribution is -2.31. The van der Waals surface area contributed by atoms with Gasteiger partial charge >= 0.3 is 27.9 Å². The van der Waals surface area contributed by atoms with Gasteiger partial charge in [-0.1, -0.05) is 60.4 Å². The second-order valence-corrected chi connectivity index (χ2v) is 18.6. The molecule has 2 heterocycles. The second-order valence-electron chi connectivity index (χ2n) is 15.4. The number of fused-ring (bicyclic) bond motifs is 2. The van der Waals surface area contributed by atoms with Gasteiger partial charge in [-0.3, -0.25) is 4.72 Å². The van der Waals surface area contributed by atoms with Gasteiger partial charge in [0, 0.05) is 22.3 Å². The molecule has 0 bridgehead atoms. The zero-order chi connectivity index (χ0) is 52.2. The number of ether oxygens (including phenoxy) is 2. The van der Waals surface area contributed by atoms with Gasteiger partial charge in [0.25, 0.3) is 0 Å². The number of rotatable bonds is 9. The summed E-state index contributed by atoms with van der Waals surface area (Å²) in [6.07, 6.45) is -12.8. The maximum Gasteiger partial charge on any atom is 0.516 e. The third-order valence-electron chi connectivity index (χ3n) is 10.2. The molecule has 5 N–H and O–H groups in total. The van der Waals surface area contributed by atoms with E-state index >= 15 is 0 Å². The average Bonchev–Trinajstić information content (AvgIpc) is 3.93. The van der Waals surface area contributed by atoms with Crippen molar-refractivity contribution >= 4 is 47.8 Å². The summed E-state index contributed by atoms with van der Waals surface area (Å²) in [7, 11) is -9.51. The van der Waals surface area contributed by atoms with Gasteiger partial charge in [0.05, 0.1) is 32.6 Å². The van der Waals surface area contributed by atoms with E-state index in [-0.39, 0.29) is 33.5 Å². The Labute approximate surface area is 404 Å². The topological polar surface area (TPSA) is 182 Å². The maximum atomic E-state index is 12.8. The number of nitrogens with zero attached hydrogens (tertiary/aromatic N) is 2. The summed E-state index contributed by atoms with van der Waals surface area (Å²) in [5.41, 5.74) is -0.657. The smallest absolute Gasteiger partial charge is 0.481 e. The second kappa shape index (κ2) is 20.4. The summed E-state index contributed by atoms with van der Waals surface area (Å²) in [5.74, 6) is 12.1. The number of sulfonamides is 2. The van der Waals surface area contributed by atoms with Crippen LogP contribution in [0, 0.1) is 23.7 Å². The first-order valence-electron chi connectivity index (χ1n) is 20.7. The molecule has 6 aromatic carbocycles. The molecule has 72 heavy (non-hydrogen) atoms. The molecule has 0 saturated heterocycles. The number of para-hydroxylation sites is 1. The zero-order valence-electron chi connectivity index (χ0n) is 37.0. The fourth-order valence-electron chi connectivity index (χ4n) is 6.49. The number of nitrogens with one attached hydrogen (secondary N) is 3. The van der Waals surface area contributed by atoms with Crippen LogP contribution in [0.2, 0.25) is 0 Å². The van der Waals surface area contributed by atoms with Crippen LogP contribution in [0.15, 0.2) is 138 Å². The van der Waals surface area contributed by atoms with Crippen molar-refractivity contribution in [2.45, 2.75) is 48.8 Å². The van der Waals surface area contributed by atoms with Crippen molar-refractivity contribution < 1.29 is 65.8 Å². The molecule has 0 radical (unpaired) electrons. The molecule has 2 atom stereocenters. The maximum absolute atomic E-state index is 12.8. The van der Waals surface area contributed by atoms with Gasteiger partial charge in [0.2, 0.25) is 10.0 Å². The number of halogens is 9. The van der Waals surface area contributed by atoms with Gasteiger partial charge in [0.1, 0.15) is 11.5 Å². The summed E-state index contributed by atoms with van der Waals surface area (Å²) in [5, 5.41) is 5.33. The van der Waals surface area contributed by atoms with E-state index in [1.807, 2.05) is 0 Å². The summed E-state index contributed by atoms with van der Waals surface area (Å²) in [6, 6.07) is 33.7. The van der Waals surface area contributed by atoms with Gasteiger partial charge in [-0.2, -0.15) is 47.9 Å². The number of alkyl halides is 9. The summed E-state index contributed by atoms with van der Waals surface area (Å²) in [6.45, 7) is 1.84. The predicted octanol–water partition coefficient (Wildman–Crippen LogP) is 10.8. The number of anilines is 1. The Morgan fingerprint density at radius 3 is 1.40 bits per heavy atom. The Hall–Kier alpha value is -7.99. The molecule has 0 fully saturated rings. The molecule has 2 aromatic heterocycles. The van der Waals surface area contributed by atoms with E-state index < -0.39 is 50.1 Å². The van der Waals surface area contributed by atoms with Gasteiger partial charge in [-0.15, -0.1) is 0 Å². The first-order valence-corrected chi connectivity index (χ1v) is 23.8. The highest BCUT2D eigenvalue weighted by Gasteiger charge is 2.46. The molecule has 2 unspecified atom stereocenters. The number of benzene rings is 6. The van der Waals surface area contributed by atoms with Crippen molar-refractivity contribution in [1.29, 1.82) is 0 Å². The molecule has 0 amide bonds. The Bertz CT molecular complexity index is 3630. The van der Waals surface area contributed by atoms with Crippen molar-refractivity contribution in [2.75, 3.05) is 4.72 Å². The Balaban J connectivity index is 0.000000213. The lowest BCUT2D eigenvalue weighted by Gasteiger charge is -2.17. The molecular formula is C49H35F9N6O6S2. The van der Waals surface area contributed by atoms with Crippen LogP contribution in [0.25, 0.3) is 44.3 Å². The molecule has 0 aliphatic heterocycles. The van der Waals surface area contributed by atoms with E-state index in [2.05, 4.69) is 43.6 Å². The molecule has 0 aliphatic carbocycles. The van der Waals surface area contributed by atoms with Crippen molar-refractivity contribution in [3.63, 3.8) is 0 Å². The zero-order valence-corrected chi connectivity index (χ0v) is 38.6. The molecule has 8 aromatic rings. The lowest BCUT2D eigenvalue weighted by molar-refractivity contribution is -0.189. The van der Waals surface area contributed by atoms with Crippen LogP contribution in [0.1, 0.15) is 36.6 Å². The number of hydrogen-bond donors (Lipinski definition) is 4. The average molecular weight is 1040 g/mol. The summed E-state index contributed by atoms with van der Waals surface area (Å²) in [4.78, 5) is 14.8. The Morgan fingerprint density at radius 1 is 0.556 bits per heavy atom. The van der Waals surface area contributed by atoms with Crippen LogP contribution in [-0.4, -0.2) is 66.8 Å². The van der Waals surface area contributed by atoms with Crippen LogP contribution in [0.5, 0.6) is 11.5 Å².